The topological polar surface area (TPSA) is 60.0 Å². The quantitative estimate of drug-likeness (QED) is 0.513. The number of nitrogens with zero attached hydrogens (tertiary/aromatic N) is 3. The van der Waals surface area contributed by atoms with Crippen LogP contribution in [0.4, 0.5) is 0 Å². The number of guanidine groups is 1. The Labute approximate surface area is 185 Å². The zero-order chi connectivity index (χ0) is 21.3. The second-order valence-electron chi connectivity index (χ2n) is 8.65. The number of amides is 1. The third-order valence-corrected chi connectivity index (χ3v) is 7.20. The molecule has 1 aromatic rings. The van der Waals surface area contributed by atoms with E-state index in [1.165, 1.54) is 24.8 Å². The number of likely N-dealkylation sites (N-methyl/N-ethyl adjacent to an activating group) is 1. The molecule has 0 spiro atoms. The van der Waals surface area contributed by atoms with Gasteiger partial charge < -0.3 is 15.5 Å². The third-order valence-electron chi connectivity index (χ3n) is 6.11. The molecule has 1 amide bonds. The minimum absolute atomic E-state index is 0.0298. The van der Waals surface area contributed by atoms with Gasteiger partial charge in [-0.1, -0.05) is 30.3 Å². The average molecular weight is 432 g/mol. The first-order valence-corrected chi connectivity index (χ1v) is 12.4. The molecule has 1 saturated carbocycles. The van der Waals surface area contributed by atoms with Crippen molar-refractivity contribution >= 4 is 23.6 Å². The van der Waals surface area contributed by atoms with Crippen molar-refractivity contribution in [3.05, 3.63) is 35.9 Å². The number of hydrogen-bond donors (Lipinski definition) is 2. The lowest BCUT2D eigenvalue weighted by molar-refractivity contribution is -0.127. The van der Waals surface area contributed by atoms with Crippen molar-refractivity contribution in [3.8, 4) is 0 Å². The van der Waals surface area contributed by atoms with E-state index in [2.05, 4.69) is 57.1 Å². The van der Waals surface area contributed by atoms with Gasteiger partial charge in [0.2, 0.25) is 5.91 Å². The van der Waals surface area contributed by atoms with Crippen LogP contribution < -0.4 is 10.6 Å². The van der Waals surface area contributed by atoms with Crippen LogP contribution in [0.2, 0.25) is 0 Å². The van der Waals surface area contributed by atoms with Gasteiger partial charge in [0.1, 0.15) is 6.54 Å². The van der Waals surface area contributed by atoms with Crippen LogP contribution in [0.3, 0.4) is 0 Å². The average Bonchev–Trinajstić information content (AvgIpc) is 3.21. The molecule has 2 unspecified atom stereocenters. The van der Waals surface area contributed by atoms with Crippen molar-refractivity contribution < 1.29 is 4.79 Å². The second-order valence-corrected chi connectivity index (χ2v) is 9.78. The smallest absolute Gasteiger partial charge is 0.243 e. The number of carbonyl (C=O) groups excluding carboxylic acids is 1. The molecule has 1 aliphatic heterocycles. The predicted molar refractivity (Wildman–Crippen MR) is 127 cm³/mol. The summed E-state index contributed by atoms with van der Waals surface area (Å²) in [6.07, 6.45) is 7.96. The Balaban J connectivity index is 1.52. The van der Waals surface area contributed by atoms with Gasteiger partial charge >= 0.3 is 0 Å². The lowest BCUT2D eigenvalue weighted by Gasteiger charge is -2.33. The Morgan fingerprint density at radius 2 is 1.80 bits per heavy atom. The first-order valence-electron chi connectivity index (χ1n) is 11.1. The van der Waals surface area contributed by atoms with E-state index in [4.69, 9.17) is 0 Å². The van der Waals surface area contributed by atoms with Gasteiger partial charge in [-0.25, -0.2) is 4.99 Å². The molecule has 2 atom stereocenters. The fourth-order valence-corrected chi connectivity index (χ4v) is 4.97. The lowest BCUT2D eigenvalue weighted by atomic mass is 10.0. The normalized spacial score (nSPS) is 23.4. The van der Waals surface area contributed by atoms with Gasteiger partial charge in [0.05, 0.1) is 0 Å². The molecular weight excluding hydrogens is 394 g/mol. The molecule has 6 nitrogen and oxygen atoms in total. The minimum Gasteiger partial charge on any atom is -0.354 e. The van der Waals surface area contributed by atoms with E-state index in [0.717, 1.165) is 43.7 Å². The van der Waals surface area contributed by atoms with Gasteiger partial charge in [-0.05, 0) is 43.9 Å². The van der Waals surface area contributed by atoms with Crippen molar-refractivity contribution in [3.63, 3.8) is 0 Å². The van der Waals surface area contributed by atoms with Gasteiger partial charge in [0.15, 0.2) is 5.96 Å². The van der Waals surface area contributed by atoms with Crippen molar-refractivity contribution in [2.24, 2.45) is 4.99 Å². The SMILES string of the molecule is CSC1CCC(NC(=NCC(=O)N(C)C)NC2CCN(Cc3ccccc3)CC2)C1. The molecule has 0 aromatic heterocycles. The van der Waals surface area contributed by atoms with E-state index in [9.17, 15) is 4.79 Å². The highest BCUT2D eigenvalue weighted by Gasteiger charge is 2.26. The summed E-state index contributed by atoms with van der Waals surface area (Å²) in [6, 6.07) is 11.5. The fraction of sp³-hybridized carbons (Fsp3) is 0.652. The summed E-state index contributed by atoms with van der Waals surface area (Å²) in [6.45, 7) is 3.36. The van der Waals surface area contributed by atoms with E-state index in [1.54, 1.807) is 19.0 Å². The Morgan fingerprint density at radius 1 is 1.10 bits per heavy atom. The van der Waals surface area contributed by atoms with Gasteiger partial charge in [0, 0.05) is 51.1 Å². The molecule has 0 bridgehead atoms. The molecule has 1 heterocycles. The zero-order valence-electron chi connectivity index (χ0n) is 18.6. The molecule has 1 aliphatic carbocycles. The maximum absolute atomic E-state index is 12.0. The second kappa shape index (κ2) is 11.6. The number of nitrogens with one attached hydrogen (secondary N) is 2. The molecule has 166 valence electrons. The van der Waals surface area contributed by atoms with Crippen molar-refractivity contribution in [1.29, 1.82) is 0 Å². The number of benzene rings is 1. The first kappa shape index (κ1) is 22.9. The zero-order valence-corrected chi connectivity index (χ0v) is 19.5. The van der Waals surface area contributed by atoms with E-state index >= 15 is 0 Å². The highest BCUT2D eigenvalue weighted by atomic mass is 32.2. The first-order chi connectivity index (χ1) is 14.5. The van der Waals surface area contributed by atoms with E-state index < -0.39 is 0 Å². The summed E-state index contributed by atoms with van der Waals surface area (Å²) in [5.74, 6) is 0.834. The Kier molecular flexibility index (Phi) is 8.88. The van der Waals surface area contributed by atoms with Crippen molar-refractivity contribution in [1.82, 2.24) is 20.4 Å². The highest BCUT2D eigenvalue weighted by molar-refractivity contribution is 7.99. The largest absolute Gasteiger partial charge is 0.354 e. The minimum atomic E-state index is 0.0298. The Morgan fingerprint density at radius 3 is 2.43 bits per heavy atom. The molecule has 30 heavy (non-hydrogen) atoms. The summed E-state index contributed by atoms with van der Waals surface area (Å²) in [7, 11) is 3.56. The number of aliphatic imine (C=N–C) groups is 1. The summed E-state index contributed by atoms with van der Waals surface area (Å²) >= 11 is 1.96. The van der Waals surface area contributed by atoms with Crippen LogP contribution in [0.1, 0.15) is 37.7 Å². The number of likely N-dealkylation sites (tertiary alicyclic amines) is 1. The molecule has 2 N–H and O–H groups in total. The molecule has 3 rings (SSSR count). The van der Waals surface area contributed by atoms with Crippen LogP contribution in [-0.4, -0.2) is 79.0 Å². The number of rotatable bonds is 7. The van der Waals surface area contributed by atoms with Crippen LogP contribution in [-0.2, 0) is 11.3 Å². The molecule has 7 heteroatoms. The van der Waals surface area contributed by atoms with Crippen LogP contribution in [0.25, 0.3) is 0 Å². The standard InChI is InChI=1S/C23H37N5OS/c1-27(2)22(29)16-24-23(26-20-9-10-21(15-20)30-3)25-19-11-13-28(14-12-19)17-18-7-5-4-6-8-18/h4-8,19-21H,9-17H2,1-3H3,(H2,24,25,26). The van der Waals surface area contributed by atoms with Gasteiger partial charge in [0.25, 0.3) is 0 Å². The van der Waals surface area contributed by atoms with Crippen LogP contribution in [0.5, 0.6) is 0 Å². The molecule has 1 aromatic carbocycles. The maximum Gasteiger partial charge on any atom is 0.243 e. The monoisotopic (exact) mass is 431 g/mol. The Bertz CT molecular complexity index is 688. The summed E-state index contributed by atoms with van der Waals surface area (Å²) in [5, 5.41) is 7.97. The van der Waals surface area contributed by atoms with Crippen LogP contribution >= 0.6 is 11.8 Å². The van der Waals surface area contributed by atoms with Crippen LogP contribution in [0, 0.1) is 0 Å². The molecule has 2 fully saturated rings. The molecule has 0 radical (unpaired) electrons. The van der Waals surface area contributed by atoms with Gasteiger partial charge in [-0.3, -0.25) is 9.69 Å². The summed E-state index contributed by atoms with van der Waals surface area (Å²) in [5.41, 5.74) is 1.37. The highest BCUT2D eigenvalue weighted by Crippen LogP contribution is 2.28. The molecular formula is C23H37N5OS. The van der Waals surface area contributed by atoms with E-state index in [1.807, 2.05) is 11.8 Å². The third kappa shape index (κ3) is 7.20. The Hall–Kier alpha value is -1.73. The number of piperidine rings is 1. The number of hydrogen-bond acceptors (Lipinski definition) is 4. The maximum atomic E-state index is 12.0. The number of carbonyl (C=O) groups is 1. The lowest BCUT2D eigenvalue weighted by Crippen LogP contribution is -2.50. The van der Waals surface area contributed by atoms with Crippen molar-refractivity contribution in [2.45, 2.75) is 56.0 Å². The van der Waals surface area contributed by atoms with Crippen molar-refractivity contribution in [2.75, 3.05) is 40.0 Å². The molecule has 1 saturated heterocycles. The van der Waals surface area contributed by atoms with Gasteiger partial charge in [-0.15, -0.1) is 0 Å². The van der Waals surface area contributed by atoms with E-state index in [0.29, 0.717) is 12.1 Å². The molecule has 2 aliphatic rings. The van der Waals surface area contributed by atoms with Gasteiger partial charge in [-0.2, -0.15) is 11.8 Å². The van der Waals surface area contributed by atoms with E-state index in [-0.39, 0.29) is 12.5 Å². The van der Waals surface area contributed by atoms with Crippen LogP contribution in [0.15, 0.2) is 35.3 Å². The predicted octanol–water partition coefficient (Wildman–Crippen LogP) is 2.56. The summed E-state index contributed by atoms with van der Waals surface area (Å²) in [4.78, 5) is 20.8. The fourth-order valence-electron chi connectivity index (χ4n) is 4.17. The number of thioether (sulfide) groups is 1. The summed E-state index contributed by atoms with van der Waals surface area (Å²) < 4.78 is 0.